The number of rotatable bonds is 6. The Labute approximate surface area is 106 Å². The molecule has 0 amide bonds. The first-order valence-corrected chi connectivity index (χ1v) is 6.36. The number of hydrogen-bond acceptors (Lipinski definition) is 4. The van der Waals surface area contributed by atoms with Gasteiger partial charge in [0.05, 0.1) is 0 Å². The summed E-state index contributed by atoms with van der Waals surface area (Å²) in [4.78, 5) is 21.7. The lowest BCUT2D eigenvalue weighted by Crippen LogP contribution is -2.29. The molecule has 1 aliphatic rings. The van der Waals surface area contributed by atoms with Gasteiger partial charge >= 0.3 is 11.9 Å². The van der Waals surface area contributed by atoms with Crippen molar-refractivity contribution in [3.8, 4) is 0 Å². The quantitative estimate of drug-likeness (QED) is 0.556. The van der Waals surface area contributed by atoms with E-state index in [1.54, 1.807) is 0 Å². The Morgan fingerprint density at radius 2 is 1.89 bits per heavy atom. The van der Waals surface area contributed by atoms with Crippen molar-refractivity contribution in [2.45, 2.75) is 44.6 Å². The average molecular weight is 256 g/mol. The number of aliphatic hydroxyl groups excluding tert-OH is 1. The Balaban J connectivity index is 2.50. The zero-order valence-corrected chi connectivity index (χ0v) is 10.4. The molecule has 2 N–H and O–H groups in total. The molecule has 0 aromatic rings. The van der Waals surface area contributed by atoms with Gasteiger partial charge in [-0.15, -0.1) is 0 Å². The molecule has 102 valence electrons. The van der Waals surface area contributed by atoms with Gasteiger partial charge in [-0.2, -0.15) is 0 Å². The van der Waals surface area contributed by atoms with Crippen LogP contribution in [0.5, 0.6) is 0 Å². The van der Waals surface area contributed by atoms with Crippen LogP contribution in [0.2, 0.25) is 0 Å². The summed E-state index contributed by atoms with van der Waals surface area (Å²) in [7, 11) is 0. The zero-order chi connectivity index (χ0) is 13.4. The maximum Gasteiger partial charge on any atom is 0.331 e. The maximum absolute atomic E-state index is 11.4. The molecular formula is C13H20O5. The highest BCUT2D eigenvalue weighted by Gasteiger charge is 2.25. The summed E-state index contributed by atoms with van der Waals surface area (Å²) in [6.45, 7) is -0.0307. The van der Waals surface area contributed by atoms with Gasteiger partial charge in [-0.25, -0.2) is 9.59 Å². The van der Waals surface area contributed by atoms with E-state index in [9.17, 15) is 9.59 Å². The summed E-state index contributed by atoms with van der Waals surface area (Å²) >= 11 is 0. The lowest BCUT2D eigenvalue weighted by Gasteiger charge is -2.29. The minimum absolute atomic E-state index is 0.0307. The second-order valence-electron chi connectivity index (χ2n) is 4.56. The highest BCUT2D eigenvalue weighted by molar-refractivity contribution is 5.90. The molecule has 1 unspecified atom stereocenters. The van der Waals surface area contributed by atoms with Crippen LogP contribution < -0.4 is 0 Å². The molecule has 0 aliphatic heterocycles. The fourth-order valence-electron chi connectivity index (χ4n) is 2.35. The van der Waals surface area contributed by atoms with E-state index in [2.05, 4.69) is 0 Å². The molecule has 0 spiro atoms. The fourth-order valence-corrected chi connectivity index (χ4v) is 2.35. The molecule has 0 saturated heterocycles. The normalized spacial score (nSPS) is 18.7. The first kappa shape index (κ1) is 14.7. The number of hydrogen-bond donors (Lipinski definition) is 2. The van der Waals surface area contributed by atoms with E-state index >= 15 is 0 Å². The smallest absolute Gasteiger partial charge is 0.331 e. The van der Waals surface area contributed by atoms with Gasteiger partial charge in [0, 0.05) is 25.2 Å². The van der Waals surface area contributed by atoms with Gasteiger partial charge in [-0.05, 0) is 18.8 Å². The number of carbonyl (C=O) groups excluding carboxylic acids is 1. The first-order valence-electron chi connectivity index (χ1n) is 6.36. The average Bonchev–Trinajstić information content (AvgIpc) is 2.37. The van der Waals surface area contributed by atoms with Crippen molar-refractivity contribution in [2.24, 2.45) is 5.92 Å². The molecule has 18 heavy (non-hydrogen) atoms. The molecule has 0 aromatic heterocycles. The highest BCUT2D eigenvalue weighted by atomic mass is 16.5. The molecule has 1 saturated carbocycles. The minimum Gasteiger partial charge on any atom is -0.478 e. The molecule has 0 bridgehead atoms. The molecule has 1 fully saturated rings. The number of aliphatic hydroxyl groups is 1. The summed E-state index contributed by atoms with van der Waals surface area (Å²) in [5, 5.41) is 17.4. The molecule has 5 nitrogen and oxygen atoms in total. The van der Waals surface area contributed by atoms with Crippen LogP contribution in [-0.2, 0) is 14.3 Å². The van der Waals surface area contributed by atoms with Crippen LogP contribution in [0.3, 0.4) is 0 Å². The van der Waals surface area contributed by atoms with Gasteiger partial charge in [-0.1, -0.05) is 19.3 Å². The predicted molar refractivity (Wildman–Crippen MR) is 64.9 cm³/mol. The summed E-state index contributed by atoms with van der Waals surface area (Å²) in [6.07, 6.45) is 7.23. The third-order valence-electron chi connectivity index (χ3n) is 3.22. The second kappa shape index (κ2) is 7.87. The maximum atomic E-state index is 11.4. The predicted octanol–water partition coefficient (Wildman–Crippen LogP) is 1.50. The summed E-state index contributed by atoms with van der Waals surface area (Å²) in [5.74, 6) is -1.54. The molecule has 0 radical (unpaired) electrons. The number of esters is 1. The van der Waals surface area contributed by atoms with E-state index in [1.165, 1.54) is 6.42 Å². The van der Waals surface area contributed by atoms with Crippen LogP contribution in [0.1, 0.15) is 38.5 Å². The topological polar surface area (TPSA) is 83.8 Å². The van der Waals surface area contributed by atoms with Gasteiger partial charge in [0.25, 0.3) is 0 Å². The summed E-state index contributed by atoms with van der Waals surface area (Å²) in [6, 6.07) is 0. The van der Waals surface area contributed by atoms with Crippen molar-refractivity contribution < 1.29 is 24.5 Å². The van der Waals surface area contributed by atoms with Crippen molar-refractivity contribution in [1.82, 2.24) is 0 Å². The van der Waals surface area contributed by atoms with Gasteiger partial charge in [0.15, 0.2) is 0 Å². The van der Waals surface area contributed by atoms with E-state index in [-0.39, 0.29) is 18.6 Å². The van der Waals surface area contributed by atoms with Gasteiger partial charge < -0.3 is 14.9 Å². The summed E-state index contributed by atoms with van der Waals surface area (Å²) < 4.78 is 5.23. The molecule has 1 atom stereocenters. The molecule has 0 heterocycles. The van der Waals surface area contributed by atoms with Crippen LogP contribution in [0, 0.1) is 5.92 Å². The van der Waals surface area contributed by atoms with Crippen LogP contribution >= 0.6 is 0 Å². The number of carboxylic acids is 1. The van der Waals surface area contributed by atoms with Crippen molar-refractivity contribution in [2.75, 3.05) is 6.61 Å². The van der Waals surface area contributed by atoms with Gasteiger partial charge in [0.1, 0.15) is 6.10 Å². The fraction of sp³-hybridized carbons (Fsp3) is 0.692. The van der Waals surface area contributed by atoms with Crippen molar-refractivity contribution in [3.05, 3.63) is 12.2 Å². The van der Waals surface area contributed by atoms with E-state index in [0.29, 0.717) is 6.42 Å². The van der Waals surface area contributed by atoms with Crippen molar-refractivity contribution >= 4 is 11.9 Å². The van der Waals surface area contributed by atoms with E-state index in [1.807, 2.05) is 0 Å². The zero-order valence-electron chi connectivity index (χ0n) is 10.4. The SMILES string of the molecule is O=C(O)C=CC(=O)OC(CCO)C1CCCCC1. The third-order valence-corrected chi connectivity index (χ3v) is 3.22. The molecule has 1 rings (SSSR count). The largest absolute Gasteiger partial charge is 0.478 e. The molecule has 5 heteroatoms. The van der Waals surface area contributed by atoms with E-state index in [4.69, 9.17) is 14.9 Å². The van der Waals surface area contributed by atoms with Crippen LogP contribution in [0.25, 0.3) is 0 Å². The third kappa shape index (κ3) is 5.31. The van der Waals surface area contributed by atoms with Crippen molar-refractivity contribution in [1.29, 1.82) is 0 Å². The van der Waals surface area contributed by atoms with Gasteiger partial charge in [0.2, 0.25) is 0 Å². The lowest BCUT2D eigenvalue weighted by atomic mass is 9.84. The Bertz CT molecular complexity index is 305. The Kier molecular flexibility index (Phi) is 6.43. The Hall–Kier alpha value is -1.36. The summed E-state index contributed by atoms with van der Waals surface area (Å²) in [5.41, 5.74) is 0. The van der Waals surface area contributed by atoms with E-state index < -0.39 is 11.9 Å². The molecule has 0 aromatic carbocycles. The van der Waals surface area contributed by atoms with Gasteiger partial charge in [-0.3, -0.25) is 0 Å². The standard InChI is InChI=1S/C13H20O5/c14-9-8-11(10-4-2-1-3-5-10)18-13(17)7-6-12(15)16/h6-7,10-11,14H,1-5,8-9H2,(H,15,16). The molecular weight excluding hydrogens is 236 g/mol. The van der Waals surface area contributed by atoms with Crippen LogP contribution in [-0.4, -0.2) is 34.9 Å². The lowest BCUT2D eigenvalue weighted by molar-refractivity contribution is -0.147. The second-order valence-corrected chi connectivity index (χ2v) is 4.56. The monoisotopic (exact) mass is 256 g/mol. The first-order chi connectivity index (χ1) is 8.63. The molecule has 1 aliphatic carbocycles. The van der Waals surface area contributed by atoms with Crippen LogP contribution in [0.4, 0.5) is 0 Å². The highest BCUT2D eigenvalue weighted by Crippen LogP contribution is 2.29. The number of ether oxygens (including phenoxy) is 1. The Morgan fingerprint density at radius 1 is 1.22 bits per heavy atom. The number of aliphatic carboxylic acids is 1. The minimum atomic E-state index is -1.18. The van der Waals surface area contributed by atoms with Crippen LogP contribution in [0.15, 0.2) is 12.2 Å². The Morgan fingerprint density at radius 3 is 2.44 bits per heavy atom. The van der Waals surface area contributed by atoms with E-state index in [0.717, 1.165) is 37.8 Å². The number of carboxylic acid groups (broad SMARTS) is 1. The van der Waals surface area contributed by atoms with Crippen molar-refractivity contribution in [3.63, 3.8) is 0 Å². The number of carbonyl (C=O) groups is 2.